The summed E-state index contributed by atoms with van der Waals surface area (Å²) in [5, 5.41) is 6.76. The molecule has 0 aliphatic carbocycles. The van der Waals surface area contributed by atoms with E-state index >= 15 is 0 Å². The van der Waals surface area contributed by atoms with Crippen LogP contribution in [0.25, 0.3) is 0 Å². The highest BCUT2D eigenvalue weighted by Crippen LogP contribution is 2.41. The molecule has 1 aliphatic heterocycles. The number of nitrogens with zero attached hydrogens (tertiary/aromatic N) is 2. The minimum atomic E-state index is -0.165. The fraction of sp³-hybridized carbons (Fsp3) is 0.150. The van der Waals surface area contributed by atoms with Gasteiger partial charge in [0.1, 0.15) is 6.54 Å². The van der Waals surface area contributed by atoms with Crippen LogP contribution in [0.1, 0.15) is 22.7 Å². The van der Waals surface area contributed by atoms with Crippen LogP contribution in [-0.4, -0.2) is 27.4 Å². The number of pyridine rings is 1. The highest BCUT2D eigenvalue weighted by Gasteiger charge is 2.41. The SMILES string of the molecule is O=C(CN1C(=S)N[C@@H](c2ccccn2)[C@@H]1c1ccc(Cl)s1)Nc1ccccc1. The van der Waals surface area contributed by atoms with Crippen LogP contribution < -0.4 is 10.6 Å². The highest BCUT2D eigenvalue weighted by molar-refractivity contribution is 7.80. The Morgan fingerprint density at radius 1 is 1.18 bits per heavy atom. The number of hydrogen-bond acceptors (Lipinski definition) is 4. The van der Waals surface area contributed by atoms with Crippen molar-refractivity contribution in [3.05, 3.63) is 81.8 Å². The topological polar surface area (TPSA) is 57.3 Å². The Bertz CT molecular complexity index is 980. The predicted molar refractivity (Wildman–Crippen MR) is 117 cm³/mol. The monoisotopic (exact) mass is 428 g/mol. The number of carbonyl (C=O) groups excluding carboxylic acids is 1. The van der Waals surface area contributed by atoms with Gasteiger partial charge in [-0.05, 0) is 48.6 Å². The summed E-state index contributed by atoms with van der Waals surface area (Å²) in [5.41, 5.74) is 1.62. The van der Waals surface area contributed by atoms with Gasteiger partial charge in [0.15, 0.2) is 5.11 Å². The number of amides is 1. The van der Waals surface area contributed by atoms with Crippen molar-refractivity contribution in [2.24, 2.45) is 0 Å². The molecule has 0 bridgehead atoms. The van der Waals surface area contributed by atoms with E-state index in [0.29, 0.717) is 9.45 Å². The maximum absolute atomic E-state index is 12.7. The number of thiocarbonyl (C=S) groups is 1. The molecule has 8 heteroatoms. The molecule has 2 N–H and O–H groups in total. The van der Waals surface area contributed by atoms with Crippen LogP contribution in [0.2, 0.25) is 4.34 Å². The zero-order valence-electron chi connectivity index (χ0n) is 14.7. The number of para-hydroxylation sites is 1. The first-order valence-corrected chi connectivity index (χ1v) is 10.3. The number of aromatic nitrogens is 1. The molecule has 1 amide bonds. The Labute approximate surface area is 177 Å². The smallest absolute Gasteiger partial charge is 0.244 e. The van der Waals surface area contributed by atoms with Crippen molar-refractivity contribution < 1.29 is 4.79 Å². The highest BCUT2D eigenvalue weighted by atomic mass is 35.5. The van der Waals surface area contributed by atoms with Crippen LogP contribution in [-0.2, 0) is 4.79 Å². The van der Waals surface area contributed by atoms with Crippen LogP contribution in [0.3, 0.4) is 0 Å². The molecular weight excluding hydrogens is 412 g/mol. The average Bonchev–Trinajstić information content (AvgIpc) is 3.26. The first-order valence-electron chi connectivity index (χ1n) is 8.70. The van der Waals surface area contributed by atoms with E-state index in [2.05, 4.69) is 15.6 Å². The molecule has 1 aliphatic rings. The van der Waals surface area contributed by atoms with Gasteiger partial charge in [-0.15, -0.1) is 11.3 Å². The van der Waals surface area contributed by atoms with Crippen molar-refractivity contribution in [3.63, 3.8) is 0 Å². The molecule has 2 atom stereocenters. The molecule has 1 saturated heterocycles. The van der Waals surface area contributed by atoms with Crippen LogP contribution in [0.4, 0.5) is 5.69 Å². The molecule has 142 valence electrons. The minimum absolute atomic E-state index is 0.129. The maximum Gasteiger partial charge on any atom is 0.244 e. The first kappa shape index (κ1) is 18.9. The maximum atomic E-state index is 12.7. The fourth-order valence-electron chi connectivity index (χ4n) is 3.25. The Kier molecular flexibility index (Phi) is 5.57. The summed E-state index contributed by atoms with van der Waals surface area (Å²) in [5.74, 6) is -0.135. The molecule has 28 heavy (non-hydrogen) atoms. The average molecular weight is 429 g/mol. The fourth-order valence-corrected chi connectivity index (χ4v) is 4.77. The first-order chi connectivity index (χ1) is 13.6. The lowest BCUT2D eigenvalue weighted by Gasteiger charge is -2.26. The van der Waals surface area contributed by atoms with Crippen molar-refractivity contribution >= 4 is 51.9 Å². The summed E-state index contributed by atoms with van der Waals surface area (Å²) in [6, 6.07) is 18.7. The zero-order valence-corrected chi connectivity index (χ0v) is 17.1. The predicted octanol–water partition coefficient (Wildman–Crippen LogP) is 4.41. The van der Waals surface area contributed by atoms with Gasteiger partial charge in [0.05, 0.1) is 22.1 Å². The normalized spacial score (nSPS) is 18.8. The van der Waals surface area contributed by atoms with Crippen molar-refractivity contribution in [1.29, 1.82) is 0 Å². The van der Waals surface area contributed by atoms with Gasteiger partial charge in [-0.2, -0.15) is 0 Å². The van der Waals surface area contributed by atoms with Gasteiger partial charge in [-0.1, -0.05) is 35.9 Å². The van der Waals surface area contributed by atoms with Crippen molar-refractivity contribution in [3.8, 4) is 0 Å². The number of rotatable bonds is 5. The van der Waals surface area contributed by atoms with Crippen LogP contribution in [0.15, 0.2) is 66.9 Å². The molecule has 3 heterocycles. The Morgan fingerprint density at radius 2 is 1.96 bits per heavy atom. The van der Waals surface area contributed by atoms with E-state index in [1.165, 1.54) is 11.3 Å². The molecular formula is C20H17ClN4OS2. The van der Waals surface area contributed by atoms with Gasteiger partial charge in [0.25, 0.3) is 0 Å². The second-order valence-electron chi connectivity index (χ2n) is 6.31. The van der Waals surface area contributed by atoms with E-state index in [9.17, 15) is 4.79 Å². The lowest BCUT2D eigenvalue weighted by atomic mass is 10.0. The number of nitrogens with one attached hydrogen (secondary N) is 2. The third kappa shape index (κ3) is 4.01. The lowest BCUT2D eigenvalue weighted by Crippen LogP contribution is -2.36. The summed E-state index contributed by atoms with van der Waals surface area (Å²) < 4.78 is 0.696. The zero-order chi connectivity index (χ0) is 19.5. The summed E-state index contributed by atoms with van der Waals surface area (Å²) in [4.78, 5) is 20.1. The van der Waals surface area contributed by atoms with Gasteiger partial charge >= 0.3 is 0 Å². The van der Waals surface area contributed by atoms with Crippen LogP contribution in [0.5, 0.6) is 0 Å². The number of halogens is 1. The van der Waals surface area contributed by atoms with Crippen LogP contribution >= 0.6 is 35.2 Å². The lowest BCUT2D eigenvalue weighted by molar-refractivity contribution is -0.116. The molecule has 0 spiro atoms. The summed E-state index contributed by atoms with van der Waals surface area (Å²) in [7, 11) is 0. The summed E-state index contributed by atoms with van der Waals surface area (Å²) in [6.07, 6.45) is 1.75. The quantitative estimate of drug-likeness (QED) is 0.589. The molecule has 0 radical (unpaired) electrons. The van der Waals surface area contributed by atoms with Gasteiger partial charge < -0.3 is 15.5 Å². The summed E-state index contributed by atoms with van der Waals surface area (Å²) in [6.45, 7) is 0.129. The molecule has 1 fully saturated rings. The number of benzene rings is 1. The number of carbonyl (C=O) groups is 1. The van der Waals surface area contributed by atoms with Crippen molar-refractivity contribution in [2.45, 2.75) is 12.1 Å². The Morgan fingerprint density at radius 3 is 2.64 bits per heavy atom. The number of thiophene rings is 1. The van der Waals surface area contributed by atoms with Crippen LogP contribution in [0, 0.1) is 0 Å². The molecule has 3 aromatic rings. The van der Waals surface area contributed by atoms with E-state index in [0.717, 1.165) is 16.3 Å². The summed E-state index contributed by atoms with van der Waals surface area (Å²) >= 11 is 13.2. The Balaban J connectivity index is 1.61. The third-order valence-electron chi connectivity index (χ3n) is 4.45. The van der Waals surface area contributed by atoms with E-state index in [4.69, 9.17) is 23.8 Å². The van der Waals surface area contributed by atoms with Gasteiger partial charge in [0, 0.05) is 16.8 Å². The van der Waals surface area contributed by atoms with Crippen molar-refractivity contribution in [1.82, 2.24) is 15.2 Å². The Hall–Kier alpha value is -2.48. The molecule has 0 unspecified atom stereocenters. The number of anilines is 1. The molecule has 0 saturated carbocycles. The second-order valence-corrected chi connectivity index (χ2v) is 8.44. The van der Waals surface area contributed by atoms with E-state index < -0.39 is 0 Å². The second kappa shape index (κ2) is 8.26. The largest absolute Gasteiger partial charge is 0.352 e. The van der Waals surface area contributed by atoms with E-state index in [-0.39, 0.29) is 24.5 Å². The van der Waals surface area contributed by atoms with Gasteiger partial charge in [-0.25, -0.2) is 0 Å². The number of hydrogen-bond donors (Lipinski definition) is 2. The van der Waals surface area contributed by atoms with Gasteiger partial charge in [0.2, 0.25) is 5.91 Å². The third-order valence-corrected chi connectivity index (χ3v) is 6.11. The molecule has 1 aromatic carbocycles. The van der Waals surface area contributed by atoms with E-state index in [1.807, 2.05) is 65.6 Å². The standard InChI is InChI=1S/C20H17ClN4OS2/c21-16-10-9-15(28-16)19-18(14-8-4-5-11-22-14)24-20(27)25(19)12-17(26)23-13-6-2-1-3-7-13/h1-11,18-19H,12H2,(H,23,26)(H,24,27)/t18-,19-/m0/s1. The van der Waals surface area contributed by atoms with Crippen molar-refractivity contribution in [2.75, 3.05) is 11.9 Å². The van der Waals surface area contributed by atoms with E-state index in [1.54, 1.807) is 6.20 Å². The molecule has 2 aromatic heterocycles. The molecule has 4 rings (SSSR count). The minimum Gasteiger partial charge on any atom is -0.352 e. The van der Waals surface area contributed by atoms with Gasteiger partial charge in [-0.3, -0.25) is 9.78 Å². The molecule has 5 nitrogen and oxygen atoms in total.